The van der Waals surface area contributed by atoms with E-state index in [9.17, 15) is 14.4 Å². The van der Waals surface area contributed by atoms with Gasteiger partial charge in [0, 0.05) is 18.6 Å². The van der Waals surface area contributed by atoms with Gasteiger partial charge in [-0.2, -0.15) is 0 Å². The number of Topliss-reactive ketones (excluding diaryl/α,β-unsaturated/α-hetero) is 1. The molecular weight excluding hydrogens is 458 g/mol. The van der Waals surface area contributed by atoms with Gasteiger partial charge in [0.25, 0.3) is 0 Å². The minimum Gasteiger partial charge on any atom is -0.481 e. The smallest absolute Gasteiger partial charge is 0.411 e. The molecule has 0 aliphatic carbocycles. The first kappa shape index (κ1) is 27.4. The third kappa shape index (κ3) is 8.79. The Morgan fingerprint density at radius 2 is 1.73 bits per heavy atom. The summed E-state index contributed by atoms with van der Waals surface area (Å²) < 4.78 is 12.1. The van der Waals surface area contributed by atoms with E-state index in [1.807, 2.05) is 70.7 Å². The fraction of sp³-hybridized carbons (Fsp3) is 0.625. The molecule has 1 fully saturated rings. The van der Waals surface area contributed by atoms with Crippen molar-refractivity contribution in [3.05, 3.63) is 35.9 Å². The van der Waals surface area contributed by atoms with E-state index < -0.39 is 38.1 Å². The zero-order chi connectivity index (χ0) is 24.8. The molecule has 0 bridgehead atoms. The molecule has 0 aromatic heterocycles. The standard InChI is InChI=1S/C24H37NO6SSi/c1-24(2,3)30-23(29)25-18(16-32-22(25)17-12-8-7-9-13-17)21(31-33(4,5)6)19(26)14-10-11-15-20(27)28/h7-9,12-13,18,21-22H,10-11,14-16H2,1-6H3,(H,27,28)/t18-,21-,22+/m0/s1. The van der Waals surface area contributed by atoms with Crippen molar-refractivity contribution in [2.75, 3.05) is 5.75 Å². The Morgan fingerprint density at radius 1 is 1.12 bits per heavy atom. The number of hydrogen-bond donors (Lipinski definition) is 1. The van der Waals surface area contributed by atoms with Crippen molar-refractivity contribution in [2.24, 2.45) is 0 Å². The third-order valence-corrected chi connectivity index (χ3v) is 7.25. The summed E-state index contributed by atoms with van der Waals surface area (Å²) in [4.78, 5) is 39.1. The van der Waals surface area contributed by atoms with Gasteiger partial charge in [-0.25, -0.2) is 4.79 Å². The highest BCUT2D eigenvalue weighted by Gasteiger charge is 2.47. The second-order valence-electron chi connectivity index (χ2n) is 10.3. The molecule has 7 nitrogen and oxygen atoms in total. The number of carboxylic acid groups (broad SMARTS) is 1. The lowest BCUT2D eigenvalue weighted by atomic mass is 10.0. The van der Waals surface area contributed by atoms with Crippen LogP contribution < -0.4 is 0 Å². The minimum absolute atomic E-state index is 0.0339. The first-order valence-electron chi connectivity index (χ1n) is 11.4. The number of unbranched alkanes of at least 4 members (excludes halogenated alkanes) is 1. The van der Waals surface area contributed by atoms with Crippen LogP contribution in [0.2, 0.25) is 19.6 Å². The number of hydrogen-bond acceptors (Lipinski definition) is 6. The highest BCUT2D eigenvalue weighted by atomic mass is 32.2. The summed E-state index contributed by atoms with van der Waals surface area (Å²) in [6.45, 7) is 11.5. The number of carbonyl (C=O) groups excluding carboxylic acids is 2. The van der Waals surface area contributed by atoms with Crippen LogP contribution in [0.4, 0.5) is 4.79 Å². The molecule has 0 saturated carbocycles. The predicted octanol–water partition coefficient (Wildman–Crippen LogP) is 5.47. The lowest BCUT2D eigenvalue weighted by Crippen LogP contribution is -2.53. The number of nitrogens with zero attached hydrogens (tertiary/aromatic N) is 1. The van der Waals surface area contributed by atoms with Crippen molar-refractivity contribution in [1.29, 1.82) is 0 Å². The third-order valence-electron chi connectivity index (χ3n) is 4.93. The Labute approximate surface area is 202 Å². The van der Waals surface area contributed by atoms with Crippen molar-refractivity contribution >= 4 is 37.9 Å². The summed E-state index contributed by atoms with van der Waals surface area (Å²) in [6.07, 6.45) is -0.0637. The molecule has 1 heterocycles. The van der Waals surface area contributed by atoms with Gasteiger partial charge in [0.2, 0.25) is 0 Å². The lowest BCUT2D eigenvalue weighted by Gasteiger charge is -2.37. The van der Waals surface area contributed by atoms with Crippen LogP contribution in [-0.4, -0.2) is 59.7 Å². The molecule has 1 amide bonds. The molecule has 1 aliphatic rings. The molecule has 2 rings (SSSR count). The summed E-state index contributed by atoms with van der Waals surface area (Å²) in [5, 5.41) is 8.60. The average Bonchev–Trinajstić information content (AvgIpc) is 3.13. The van der Waals surface area contributed by atoms with Crippen LogP contribution in [0.25, 0.3) is 0 Å². The van der Waals surface area contributed by atoms with Gasteiger partial charge in [0.15, 0.2) is 14.1 Å². The van der Waals surface area contributed by atoms with Gasteiger partial charge in [-0.15, -0.1) is 11.8 Å². The molecule has 0 radical (unpaired) electrons. The molecule has 1 aliphatic heterocycles. The molecule has 1 N–H and O–H groups in total. The van der Waals surface area contributed by atoms with Gasteiger partial charge in [-0.05, 0) is 58.8 Å². The van der Waals surface area contributed by atoms with E-state index >= 15 is 0 Å². The van der Waals surface area contributed by atoms with Crippen molar-refractivity contribution in [1.82, 2.24) is 4.90 Å². The van der Waals surface area contributed by atoms with Crippen molar-refractivity contribution in [2.45, 2.75) is 89.2 Å². The molecule has 1 aromatic rings. The van der Waals surface area contributed by atoms with Crippen LogP contribution in [-0.2, 0) is 18.8 Å². The number of benzene rings is 1. The van der Waals surface area contributed by atoms with E-state index in [1.54, 1.807) is 16.7 Å². The van der Waals surface area contributed by atoms with E-state index in [1.165, 1.54) is 0 Å². The largest absolute Gasteiger partial charge is 0.481 e. The lowest BCUT2D eigenvalue weighted by molar-refractivity contribution is -0.137. The SMILES string of the molecule is CC(C)(C)OC(=O)N1[C@@H](c2ccccc2)SC[C@H]1[C@H](O[Si](C)(C)C)C(=O)CCCCC(=O)O. The van der Waals surface area contributed by atoms with Crippen LogP contribution in [0.1, 0.15) is 57.4 Å². The van der Waals surface area contributed by atoms with Crippen LogP contribution in [0.3, 0.4) is 0 Å². The highest BCUT2D eigenvalue weighted by molar-refractivity contribution is 7.99. The molecule has 184 valence electrons. The number of ketones is 1. The molecule has 0 unspecified atom stereocenters. The van der Waals surface area contributed by atoms with E-state index in [0.717, 1.165) is 5.56 Å². The molecule has 1 aromatic carbocycles. The highest BCUT2D eigenvalue weighted by Crippen LogP contribution is 2.44. The summed E-state index contributed by atoms with van der Waals surface area (Å²) in [5.41, 5.74) is 0.294. The summed E-state index contributed by atoms with van der Waals surface area (Å²) in [5.74, 6) is -0.406. The summed E-state index contributed by atoms with van der Waals surface area (Å²) in [6, 6.07) is 9.27. The molecule has 33 heavy (non-hydrogen) atoms. The van der Waals surface area contributed by atoms with Gasteiger partial charge in [-0.3, -0.25) is 14.5 Å². The van der Waals surface area contributed by atoms with E-state index in [4.69, 9.17) is 14.3 Å². The maximum atomic E-state index is 13.4. The quantitative estimate of drug-likeness (QED) is 0.340. The number of aliphatic carboxylic acids is 1. The fourth-order valence-corrected chi connectivity index (χ4v) is 6.15. The predicted molar refractivity (Wildman–Crippen MR) is 133 cm³/mol. The van der Waals surface area contributed by atoms with E-state index in [0.29, 0.717) is 18.6 Å². The van der Waals surface area contributed by atoms with Crippen LogP contribution >= 0.6 is 11.8 Å². The van der Waals surface area contributed by atoms with Gasteiger partial charge < -0.3 is 14.3 Å². The molecule has 3 atom stereocenters. The summed E-state index contributed by atoms with van der Waals surface area (Å²) in [7, 11) is -2.13. The first-order valence-corrected chi connectivity index (χ1v) is 15.8. The Balaban J connectivity index is 2.33. The number of rotatable bonds is 10. The van der Waals surface area contributed by atoms with Crippen molar-refractivity contribution in [3.63, 3.8) is 0 Å². The van der Waals surface area contributed by atoms with Crippen LogP contribution in [0.5, 0.6) is 0 Å². The van der Waals surface area contributed by atoms with Crippen LogP contribution in [0.15, 0.2) is 30.3 Å². The number of thioether (sulfide) groups is 1. The monoisotopic (exact) mass is 495 g/mol. The minimum atomic E-state index is -2.13. The zero-order valence-electron chi connectivity index (χ0n) is 20.5. The summed E-state index contributed by atoms with van der Waals surface area (Å²) >= 11 is 1.60. The first-order chi connectivity index (χ1) is 15.3. The normalized spacial score (nSPS) is 19.9. The Hall–Kier alpha value is -1.84. The number of amides is 1. The van der Waals surface area contributed by atoms with E-state index in [-0.39, 0.29) is 24.0 Å². The number of ether oxygens (including phenoxy) is 1. The Bertz CT molecular complexity index is 820. The maximum absolute atomic E-state index is 13.4. The maximum Gasteiger partial charge on any atom is 0.411 e. The Morgan fingerprint density at radius 3 is 2.27 bits per heavy atom. The second kappa shape index (κ2) is 11.5. The van der Waals surface area contributed by atoms with Crippen molar-refractivity contribution < 1.29 is 28.7 Å². The Kier molecular flexibility index (Phi) is 9.57. The number of carbonyl (C=O) groups is 3. The van der Waals surface area contributed by atoms with E-state index in [2.05, 4.69) is 0 Å². The molecule has 0 spiro atoms. The second-order valence-corrected chi connectivity index (χ2v) is 15.8. The topological polar surface area (TPSA) is 93.1 Å². The average molecular weight is 496 g/mol. The number of carboxylic acids is 1. The molecular formula is C24H37NO6SSi. The van der Waals surface area contributed by atoms with Crippen molar-refractivity contribution in [3.8, 4) is 0 Å². The van der Waals surface area contributed by atoms with Crippen LogP contribution in [0, 0.1) is 0 Å². The molecule has 1 saturated heterocycles. The fourth-order valence-electron chi connectivity index (χ4n) is 3.64. The zero-order valence-corrected chi connectivity index (χ0v) is 22.3. The molecule has 9 heteroatoms. The van der Waals surface area contributed by atoms with Gasteiger partial charge in [0.1, 0.15) is 17.1 Å². The van der Waals surface area contributed by atoms with Gasteiger partial charge in [-0.1, -0.05) is 30.3 Å². The van der Waals surface area contributed by atoms with Gasteiger partial charge in [0.05, 0.1) is 6.04 Å². The van der Waals surface area contributed by atoms with Gasteiger partial charge >= 0.3 is 12.1 Å².